The van der Waals surface area contributed by atoms with Crippen LogP contribution in [0.1, 0.15) is 32.0 Å². The van der Waals surface area contributed by atoms with E-state index in [9.17, 15) is 4.79 Å². The van der Waals surface area contributed by atoms with Gasteiger partial charge in [0.25, 0.3) is 0 Å². The molecule has 0 saturated heterocycles. The topological polar surface area (TPSA) is 44.1 Å². The van der Waals surface area contributed by atoms with Crippen molar-refractivity contribution in [1.82, 2.24) is 9.78 Å². The molecular weight excluding hydrogens is 368 g/mol. The molecule has 0 aliphatic heterocycles. The molecule has 0 amide bonds. The van der Waals surface area contributed by atoms with Gasteiger partial charge in [-0.25, -0.2) is 0 Å². The number of ketones is 1. The third-order valence-corrected chi connectivity index (χ3v) is 5.57. The molecule has 2 heterocycles. The number of hydrogen-bond acceptors (Lipinski definition) is 4. The van der Waals surface area contributed by atoms with Gasteiger partial charge < -0.3 is 4.74 Å². The average molecular weight is 389 g/mol. The quantitative estimate of drug-likeness (QED) is 0.558. The Bertz CT molecular complexity index is 900. The second kappa shape index (κ2) is 7.74. The summed E-state index contributed by atoms with van der Waals surface area (Å²) >= 11 is 7.97. The van der Waals surface area contributed by atoms with E-state index in [1.54, 1.807) is 25.2 Å². The van der Waals surface area contributed by atoms with Gasteiger partial charge in [-0.3, -0.25) is 9.48 Å². The van der Waals surface area contributed by atoms with Gasteiger partial charge in [-0.2, -0.15) is 5.10 Å². The third kappa shape index (κ3) is 4.23. The minimum absolute atomic E-state index is 0.00789. The minimum atomic E-state index is -0.824. The monoisotopic (exact) mass is 388 g/mol. The van der Waals surface area contributed by atoms with Crippen molar-refractivity contribution < 1.29 is 9.53 Å². The van der Waals surface area contributed by atoms with Crippen molar-refractivity contribution in [2.24, 2.45) is 0 Å². The maximum atomic E-state index is 11.7. The zero-order chi connectivity index (χ0) is 18.7. The first-order chi connectivity index (χ1) is 12.4. The normalized spacial score (nSPS) is 11.7. The van der Waals surface area contributed by atoms with Crippen LogP contribution < -0.4 is 0 Å². The molecule has 136 valence electrons. The first kappa shape index (κ1) is 18.8. The van der Waals surface area contributed by atoms with Crippen LogP contribution in [-0.2, 0) is 22.7 Å². The van der Waals surface area contributed by atoms with E-state index in [-0.39, 0.29) is 12.4 Å². The molecule has 2 aromatic heterocycles. The van der Waals surface area contributed by atoms with Crippen LogP contribution in [-0.4, -0.2) is 21.2 Å². The minimum Gasteiger partial charge on any atom is -0.361 e. The van der Waals surface area contributed by atoms with Crippen molar-refractivity contribution >= 4 is 28.7 Å². The number of carbonyl (C=O) groups excluding carboxylic acids is 1. The van der Waals surface area contributed by atoms with Gasteiger partial charge in [0, 0.05) is 5.02 Å². The molecule has 0 saturated carbocycles. The van der Waals surface area contributed by atoms with Gasteiger partial charge in [-0.15, -0.1) is 11.3 Å². The fraction of sp³-hybridized carbons (Fsp3) is 0.300. The summed E-state index contributed by atoms with van der Waals surface area (Å²) in [5, 5.41) is 7.45. The molecule has 0 N–H and O–H groups in total. The lowest BCUT2D eigenvalue weighted by atomic mass is 10.1. The Kier molecular flexibility index (Phi) is 5.61. The maximum Gasteiger partial charge on any atom is 0.161 e. The van der Waals surface area contributed by atoms with E-state index in [0.29, 0.717) is 6.54 Å². The summed E-state index contributed by atoms with van der Waals surface area (Å²) in [5.74, 6) is -0.00789. The van der Waals surface area contributed by atoms with E-state index in [1.807, 2.05) is 46.5 Å². The van der Waals surface area contributed by atoms with Crippen LogP contribution >= 0.6 is 22.9 Å². The van der Waals surface area contributed by atoms with Gasteiger partial charge in [-0.1, -0.05) is 35.9 Å². The smallest absolute Gasteiger partial charge is 0.161 e. The van der Waals surface area contributed by atoms with Crippen LogP contribution in [0.15, 0.2) is 47.8 Å². The van der Waals surface area contributed by atoms with Gasteiger partial charge in [0.15, 0.2) is 5.78 Å². The Labute approximate surface area is 162 Å². The zero-order valence-corrected chi connectivity index (χ0v) is 16.6. The highest BCUT2D eigenvalue weighted by atomic mass is 35.5. The number of rotatable bonds is 7. The van der Waals surface area contributed by atoms with Gasteiger partial charge >= 0.3 is 0 Å². The molecular formula is C20H21ClN2O2S. The number of nitrogens with zero attached hydrogens (tertiary/aromatic N) is 2. The van der Waals surface area contributed by atoms with E-state index < -0.39 is 5.60 Å². The fourth-order valence-corrected chi connectivity index (χ4v) is 3.37. The largest absolute Gasteiger partial charge is 0.361 e. The van der Waals surface area contributed by atoms with Gasteiger partial charge in [0.05, 0.1) is 29.4 Å². The van der Waals surface area contributed by atoms with Crippen LogP contribution in [0, 0.1) is 0 Å². The molecule has 0 spiro atoms. The summed E-state index contributed by atoms with van der Waals surface area (Å²) in [5.41, 5.74) is 1.98. The Morgan fingerprint density at radius 2 is 2.04 bits per heavy atom. The molecule has 3 aromatic rings. The summed E-state index contributed by atoms with van der Waals surface area (Å²) in [7, 11) is 0. The van der Waals surface area contributed by atoms with Crippen molar-refractivity contribution in [1.29, 1.82) is 0 Å². The van der Waals surface area contributed by atoms with Crippen LogP contribution in [0.25, 0.3) is 10.6 Å². The SMILES string of the molecule is CC(=O)C(C)(C)OCc1cc(-c2cccs2)n(Cc2ccccc2Cl)n1. The predicted molar refractivity (Wildman–Crippen MR) is 106 cm³/mol. The molecule has 0 aliphatic carbocycles. The number of hydrogen-bond donors (Lipinski definition) is 0. The van der Waals surface area contributed by atoms with Gasteiger partial charge in [0.1, 0.15) is 5.60 Å². The van der Waals surface area contributed by atoms with Crippen molar-refractivity contribution in [2.45, 2.75) is 39.5 Å². The average Bonchev–Trinajstić information content (AvgIpc) is 3.24. The zero-order valence-electron chi connectivity index (χ0n) is 15.0. The number of Topliss-reactive ketones (excluding diaryl/α,β-unsaturated/α-hetero) is 1. The highest BCUT2D eigenvalue weighted by molar-refractivity contribution is 7.13. The lowest BCUT2D eigenvalue weighted by Crippen LogP contribution is -2.32. The first-order valence-electron chi connectivity index (χ1n) is 8.36. The highest BCUT2D eigenvalue weighted by Gasteiger charge is 2.25. The number of halogens is 1. The molecule has 26 heavy (non-hydrogen) atoms. The van der Waals surface area contributed by atoms with Crippen LogP contribution in [0.4, 0.5) is 0 Å². The number of ether oxygens (including phenoxy) is 1. The summed E-state index contributed by atoms with van der Waals surface area (Å²) in [6.07, 6.45) is 0. The van der Waals surface area contributed by atoms with E-state index in [4.69, 9.17) is 21.4 Å². The lowest BCUT2D eigenvalue weighted by molar-refractivity contribution is -0.139. The van der Waals surface area contributed by atoms with Gasteiger partial charge in [-0.05, 0) is 49.9 Å². The molecule has 6 heteroatoms. The van der Waals surface area contributed by atoms with Crippen LogP contribution in [0.5, 0.6) is 0 Å². The highest BCUT2D eigenvalue weighted by Crippen LogP contribution is 2.28. The second-order valence-corrected chi connectivity index (χ2v) is 7.96. The summed E-state index contributed by atoms with van der Waals surface area (Å²) in [4.78, 5) is 12.8. The molecule has 0 unspecified atom stereocenters. The lowest BCUT2D eigenvalue weighted by Gasteiger charge is -2.21. The van der Waals surface area contributed by atoms with Crippen molar-refractivity contribution in [3.63, 3.8) is 0 Å². The second-order valence-electron chi connectivity index (χ2n) is 6.60. The molecule has 0 atom stereocenters. The van der Waals surface area contributed by atoms with Crippen LogP contribution in [0.2, 0.25) is 5.02 Å². The molecule has 4 nitrogen and oxygen atoms in total. The van der Waals surface area contributed by atoms with Crippen LogP contribution in [0.3, 0.4) is 0 Å². The molecule has 1 aromatic carbocycles. The van der Waals surface area contributed by atoms with E-state index in [1.165, 1.54) is 6.92 Å². The van der Waals surface area contributed by atoms with E-state index >= 15 is 0 Å². The molecule has 3 rings (SSSR count). The van der Waals surface area contributed by atoms with Crippen molar-refractivity contribution in [2.75, 3.05) is 0 Å². The third-order valence-electron chi connectivity index (χ3n) is 4.31. The van der Waals surface area contributed by atoms with Crippen molar-refractivity contribution in [3.8, 4) is 10.6 Å². The maximum absolute atomic E-state index is 11.7. The van der Waals surface area contributed by atoms with Crippen molar-refractivity contribution in [3.05, 3.63) is 64.1 Å². The Hall–Kier alpha value is -1.95. The fourth-order valence-electron chi connectivity index (χ4n) is 2.43. The number of thiophene rings is 1. The number of carbonyl (C=O) groups is 1. The molecule has 0 radical (unpaired) electrons. The standard InChI is InChI=1S/C20H21ClN2O2S/c1-14(24)20(2,3)25-13-16-11-18(19-9-6-10-26-19)23(22-16)12-15-7-4-5-8-17(15)21/h4-11H,12-13H2,1-3H3. The molecule has 0 bridgehead atoms. The Morgan fingerprint density at radius 1 is 1.27 bits per heavy atom. The van der Waals surface area contributed by atoms with E-state index in [2.05, 4.69) is 6.07 Å². The number of benzene rings is 1. The Morgan fingerprint density at radius 3 is 2.69 bits per heavy atom. The first-order valence-corrected chi connectivity index (χ1v) is 9.61. The van der Waals surface area contributed by atoms with E-state index in [0.717, 1.165) is 26.9 Å². The molecule has 0 aliphatic rings. The Balaban J connectivity index is 1.89. The molecule has 0 fully saturated rings. The number of aromatic nitrogens is 2. The van der Waals surface area contributed by atoms with Gasteiger partial charge in [0.2, 0.25) is 0 Å². The summed E-state index contributed by atoms with van der Waals surface area (Å²) in [6, 6.07) is 13.9. The predicted octanol–water partition coefficient (Wildman–Crippen LogP) is 5.20. The summed E-state index contributed by atoms with van der Waals surface area (Å²) in [6.45, 7) is 5.93. The summed E-state index contributed by atoms with van der Waals surface area (Å²) < 4.78 is 7.73.